The summed E-state index contributed by atoms with van der Waals surface area (Å²) in [7, 11) is 3.36. The van der Waals surface area contributed by atoms with Crippen LogP contribution in [0.5, 0.6) is 0 Å². The van der Waals surface area contributed by atoms with E-state index in [-0.39, 0.29) is 5.91 Å². The van der Waals surface area contributed by atoms with Crippen LogP contribution in [-0.2, 0) is 4.79 Å². The van der Waals surface area contributed by atoms with E-state index in [4.69, 9.17) is 11.6 Å². The number of amides is 1. The van der Waals surface area contributed by atoms with E-state index < -0.39 is 17.2 Å². The van der Waals surface area contributed by atoms with E-state index >= 15 is 0 Å². The van der Waals surface area contributed by atoms with Crippen LogP contribution in [0.2, 0.25) is 0 Å². The van der Waals surface area contributed by atoms with Gasteiger partial charge in [0.15, 0.2) is 0 Å². The number of carbonyl (C=O) groups is 1. The topological polar surface area (TPSA) is 38.1 Å². The number of aromatic nitrogens is 2. The number of imidazole rings is 1. The van der Waals surface area contributed by atoms with Crippen LogP contribution in [0.25, 0.3) is 11.0 Å². The fraction of sp³-hybridized carbons (Fsp3) is 0.429. The quantitative estimate of drug-likeness (QED) is 0.762. The second-order valence-electron chi connectivity index (χ2n) is 5.12. The minimum atomic E-state index is -0.512. The maximum atomic E-state index is 13.8. The summed E-state index contributed by atoms with van der Waals surface area (Å²) >= 11 is 9.32. The summed E-state index contributed by atoms with van der Waals surface area (Å²) in [6.45, 7) is 3.53. The Labute approximate surface area is 136 Å². The van der Waals surface area contributed by atoms with Gasteiger partial charge < -0.3 is 9.47 Å². The van der Waals surface area contributed by atoms with Gasteiger partial charge in [0.1, 0.15) is 17.7 Å². The molecule has 1 heterocycles. The first kappa shape index (κ1) is 16.2. The fourth-order valence-corrected chi connectivity index (χ4v) is 2.77. The number of fused-ring (bicyclic) bond motifs is 1. The molecule has 21 heavy (non-hydrogen) atoms. The minimum Gasteiger partial charge on any atom is -0.347 e. The normalized spacial score (nSPS) is 14.2. The lowest BCUT2D eigenvalue weighted by atomic mass is 10.2. The number of nitrogens with zero attached hydrogens (tertiary/aromatic N) is 3. The number of hydrogen-bond donors (Lipinski definition) is 0. The summed E-state index contributed by atoms with van der Waals surface area (Å²) in [6, 6.07) is 2.45. The van der Waals surface area contributed by atoms with Crippen LogP contribution in [0, 0.1) is 5.82 Å². The first-order valence-electron chi connectivity index (χ1n) is 6.46. The standard InChI is InChI=1S/C14H16BrClFN3O/c1-7(16)13-18-11-5-9(15)10(17)6-12(11)20(13)8(2)14(21)19(3)4/h5-8H,1-4H3. The molecular weight excluding hydrogens is 361 g/mol. The predicted octanol–water partition coefficient (Wildman–Crippen LogP) is 3.89. The monoisotopic (exact) mass is 375 g/mol. The van der Waals surface area contributed by atoms with Crippen molar-refractivity contribution >= 4 is 44.5 Å². The van der Waals surface area contributed by atoms with E-state index in [9.17, 15) is 9.18 Å². The number of carbonyl (C=O) groups excluding carboxylic acids is 1. The van der Waals surface area contributed by atoms with Crippen molar-refractivity contribution in [2.24, 2.45) is 0 Å². The highest BCUT2D eigenvalue weighted by atomic mass is 79.9. The lowest BCUT2D eigenvalue weighted by Gasteiger charge is -2.21. The van der Waals surface area contributed by atoms with Crippen molar-refractivity contribution in [3.05, 3.63) is 28.2 Å². The molecule has 0 aliphatic rings. The third-order valence-corrected chi connectivity index (χ3v) is 4.10. The van der Waals surface area contributed by atoms with Gasteiger partial charge >= 0.3 is 0 Å². The molecule has 1 aromatic carbocycles. The summed E-state index contributed by atoms with van der Waals surface area (Å²) in [5.74, 6) is 0.0463. The van der Waals surface area contributed by atoms with E-state index in [0.29, 0.717) is 21.3 Å². The summed E-state index contributed by atoms with van der Waals surface area (Å²) < 4.78 is 15.9. The first-order chi connectivity index (χ1) is 9.73. The van der Waals surface area contributed by atoms with Crippen LogP contribution in [0.15, 0.2) is 16.6 Å². The molecule has 0 radical (unpaired) electrons. The summed E-state index contributed by atoms with van der Waals surface area (Å²) in [5, 5.41) is -0.392. The molecule has 4 nitrogen and oxygen atoms in total. The van der Waals surface area contributed by atoms with Gasteiger partial charge in [0.25, 0.3) is 0 Å². The molecule has 114 valence electrons. The van der Waals surface area contributed by atoms with Crippen LogP contribution >= 0.6 is 27.5 Å². The molecule has 0 spiro atoms. The van der Waals surface area contributed by atoms with Crippen molar-refractivity contribution in [2.75, 3.05) is 14.1 Å². The Balaban J connectivity index is 2.72. The van der Waals surface area contributed by atoms with Gasteiger partial charge in [-0.25, -0.2) is 9.37 Å². The molecule has 1 aromatic heterocycles. The molecule has 0 aliphatic heterocycles. The van der Waals surface area contributed by atoms with Crippen molar-refractivity contribution in [2.45, 2.75) is 25.3 Å². The zero-order chi connectivity index (χ0) is 15.9. The SMILES string of the molecule is CC(Cl)c1nc2cc(Br)c(F)cc2n1C(C)C(=O)N(C)C. The number of likely N-dealkylation sites (N-methyl/N-ethyl adjacent to an activating group) is 1. The average Bonchev–Trinajstić information content (AvgIpc) is 2.76. The Bertz CT molecular complexity index is 699. The van der Waals surface area contributed by atoms with Crippen LogP contribution < -0.4 is 0 Å². The number of hydrogen-bond acceptors (Lipinski definition) is 2. The number of benzene rings is 1. The minimum absolute atomic E-state index is 0.101. The molecule has 0 aliphatic carbocycles. The van der Waals surface area contributed by atoms with E-state index in [1.54, 1.807) is 38.6 Å². The Hall–Kier alpha value is -1.14. The number of rotatable bonds is 3. The number of alkyl halides is 1. The molecule has 0 bridgehead atoms. The molecule has 0 saturated carbocycles. The first-order valence-corrected chi connectivity index (χ1v) is 7.69. The van der Waals surface area contributed by atoms with Gasteiger partial charge in [0.05, 0.1) is 20.9 Å². The molecule has 2 rings (SSSR count). The molecule has 0 fully saturated rings. The van der Waals surface area contributed by atoms with Crippen LogP contribution in [0.4, 0.5) is 4.39 Å². The maximum Gasteiger partial charge on any atom is 0.244 e. The van der Waals surface area contributed by atoms with E-state index in [2.05, 4.69) is 20.9 Å². The van der Waals surface area contributed by atoms with Gasteiger partial charge in [-0.1, -0.05) is 0 Å². The molecule has 2 unspecified atom stereocenters. The van der Waals surface area contributed by atoms with Gasteiger partial charge in [-0.15, -0.1) is 11.6 Å². The molecule has 2 aromatic rings. The summed E-state index contributed by atoms with van der Waals surface area (Å²) in [6.07, 6.45) is 0. The number of halogens is 3. The summed E-state index contributed by atoms with van der Waals surface area (Å²) in [5.41, 5.74) is 1.16. The zero-order valence-corrected chi connectivity index (χ0v) is 14.5. The van der Waals surface area contributed by atoms with Crippen molar-refractivity contribution in [1.82, 2.24) is 14.5 Å². The molecular formula is C14H16BrClFN3O. The molecule has 0 N–H and O–H groups in total. The smallest absolute Gasteiger partial charge is 0.244 e. The average molecular weight is 377 g/mol. The lowest BCUT2D eigenvalue weighted by molar-refractivity contribution is -0.131. The molecule has 1 amide bonds. The zero-order valence-electron chi connectivity index (χ0n) is 12.2. The lowest BCUT2D eigenvalue weighted by Crippen LogP contribution is -2.30. The Morgan fingerprint density at radius 1 is 1.43 bits per heavy atom. The highest BCUT2D eigenvalue weighted by molar-refractivity contribution is 9.10. The van der Waals surface area contributed by atoms with Crippen molar-refractivity contribution in [3.63, 3.8) is 0 Å². The van der Waals surface area contributed by atoms with Crippen LogP contribution in [-0.4, -0.2) is 34.5 Å². The van der Waals surface area contributed by atoms with Crippen LogP contribution in [0.3, 0.4) is 0 Å². The molecule has 7 heteroatoms. The van der Waals surface area contributed by atoms with Crippen molar-refractivity contribution in [1.29, 1.82) is 0 Å². The van der Waals surface area contributed by atoms with Gasteiger partial charge in [-0.3, -0.25) is 4.79 Å². The Kier molecular flexibility index (Phi) is 4.58. The molecule has 2 atom stereocenters. The summed E-state index contributed by atoms with van der Waals surface area (Å²) in [4.78, 5) is 18.2. The van der Waals surface area contributed by atoms with Gasteiger partial charge in [-0.05, 0) is 35.8 Å². The molecule has 0 saturated heterocycles. The highest BCUT2D eigenvalue weighted by Gasteiger charge is 2.25. The van der Waals surface area contributed by atoms with Crippen LogP contribution in [0.1, 0.15) is 31.1 Å². The third-order valence-electron chi connectivity index (χ3n) is 3.30. The van der Waals surface area contributed by atoms with E-state index in [1.165, 1.54) is 11.0 Å². The van der Waals surface area contributed by atoms with Crippen molar-refractivity contribution < 1.29 is 9.18 Å². The second kappa shape index (κ2) is 5.93. The Morgan fingerprint density at radius 2 is 2.05 bits per heavy atom. The van der Waals surface area contributed by atoms with E-state index in [1.807, 2.05) is 0 Å². The highest BCUT2D eigenvalue weighted by Crippen LogP contribution is 2.31. The maximum absolute atomic E-state index is 13.8. The van der Waals surface area contributed by atoms with Crippen molar-refractivity contribution in [3.8, 4) is 0 Å². The third kappa shape index (κ3) is 2.92. The second-order valence-corrected chi connectivity index (χ2v) is 6.63. The predicted molar refractivity (Wildman–Crippen MR) is 85.1 cm³/mol. The largest absolute Gasteiger partial charge is 0.347 e. The van der Waals surface area contributed by atoms with Gasteiger partial charge in [0, 0.05) is 20.2 Å². The van der Waals surface area contributed by atoms with Gasteiger partial charge in [-0.2, -0.15) is 0 Å². The Morgan fingerprint density at radius 3 is 2.57 bits per heavy atom. The van der Waals surface area contributed by atoms with Gasteiger partial charge in [0.2, 0.25) is 5.91 Å². The van der Waals surface area contributed by atoms with E-state index in [0.717, 1.165) is 0 Å². The fourth-order valence-electron chi connectivity index (χ4n) is 2.28.